The predicted octanol–water partition coefficient (Wildman–Crippen LogP) is 3.54. The minimum atomic E-state index is 0.590. The number of anilines is 1. The molecule has 2 rings (SSSR count). The monoisotopic (exact) mass is 247 g/mol. The Balaban J connectivity index is 1.92. The molecule has 17 heavy (non-hydrogen) atoms. The highest BCUT2D eigenvalue weighted by Gasteiger charge is 2.01. The quantitative estimate of drug-likeness (QED) is 0.839. The van der Waals surface area contributed by atoms with E-state index in [0.717, 1.165) is 6.42 Å². The first-order chi connectivity index (χ1) is 8.25. The minimum absolute atomic E-state index is 0.590. The van der Waals surface area contributed by atoms with Crippen molar-refractivity contribution in [2.75, 3.05) is 12.3 Å². The maximum atomic E-state index is 6.00. The largest absolute Gasteiger partial charge is 0.492 e. The molecule has 0 saturated carbocycles. The lowest BCUT2D eigenvalue weighted by Crippen LogP contribution is -2.02. The van der Waals surface area contributed by atoms with E-state index in [4.69, 9.17) is 22.1 Å². The van der Waals surface area contributed by atoms with Gasteiger partial charge >= 0.3 is 0 Å². The number of nitrogen functional groups attached to an aromatic ring is 1. The highest BCUT2D eigenvalue weighted by Crippen LogP contribution is 2.26. The van der Waals surface area contributed by atoms with E-state index in [1.165, 1.54) is 5.56 Å². The molecular formula is C14H14ClNO. The molecule has 0 radical (unpaired) electrons. The highest BCUT2D eigenvalue weighted by molar-refractivity contribution is 6.32. The van der Waals surface area contributed by atoms with Gasteiger partial charge in [0.2, 0.25) is 0 Å². The molecule has 0 aliphatic carbocycles. The van der Waals surface area contributed by atoms with Gasteiger partial charge in [0, 0.05) is 18.2 Å². The maximum Gasteiger partial charge on any atom is 0.139 e. The first-order valence-corrected chi connectivity index (χ1v) is 5.85. The Morgan fingerprint density at radius 1 is 1.06 bits per heavy atom. The van der Waals surface area contributed by atoms with E-state index < -0.39 is 0 Å². The van der Waals surface area contributed by atoms with Gasteiger partial charge in [0.05, 0.1) is 11.6 Å². The normalized spacial score (nSPS) is 10.2. The zero-order valence-corrected chi connectivity index (χ0v) is 10.2. The van der Waals surface area contributed by atoms with Gasteiger partial charge in [0.1, 0.15) is 5.75 Å². The smallest absolute Gasteiger partial charge is 0.139 e. The summed E-state index contributed by atoms with van der Waals surface area (Å²) in [6.45, 7) is 0.590. The van der Waals surface area contributed by atoms with E-state index in [2.05, 4.69) is 12.1 Å². The Morgan fingerprint density at radius 3 is 2.59 bits per heavy atom. The average Bonchev–Trinajstić information content (AvgIpc) is 2.35. The van der Waals surface area contributed by atoms with Crippen LogP contribution in [0.4, 0.5) is 5.69 Å². The van der Waals surface area contributed by atoms with Crippen molar-refractivity contribution >= 4 is 17.3 Å². The molecule has 3 heteroatoms. The fourth-order valence-corrected chi connectivity index (χ4v) is 1.73. The van der Waals surface area contributed by atoms with Gasteiger partial charge in [-0.1, -0.05) is 41.9 Å². The van der Waals surface area contributed by atoms with Crippen LogP contribution in [0.25, 0.3) is 0 Å². The van der Waals surface area contributed by atoms with Crippen LogP contribution in [-0.2, 0) is 6.42 Å². The molecule has 2 N–H and O–H groups in total. The van der Waals surface area contributed by atoms with Crippen LogP contribution in [0, 0.1) is 0 Å². The van der Waals surface area contributed by atoms with Gasteiger partial charge in [-0.15, -0.1) is 0 Å². The van der Waals surface area contributed by atoms with Crippen LogP contribution < -0.4 is 10.5 Å². The molecule has 88 valence electrons. The van der Waals surface area contributed by atoms with Gasteiger partial charge in [-0.25, -0.2) is 0 Å². The topological polar surface area (TPSA) is 35.2 Å². The Kier molecular flexibility index (Phi) is 3.89. The average molecular weight is 248 g/mol. The van der Waals surface area contributed by atoms with Crippen LogP contribution in [0.3, 0.4) is 0 Å². The number of benzene rings is 2. The standard InChI is InChI=1S/C14H14ClNO/c15-13-7-6-12(16)10-14(13)17-9-8-11-4-2-1-3-5-11/h1-7,10H,8-9,16H2. The van der Waals surface area contributed by atoms with Crippen molar-refractivity contribution in [1.29, 1.82) is 0 Å². The number of hydrogen-bond donors (Lipinski definition) is 1. The number of halogens is 1. The second-order valence-corrected chi connectivity index (χ2v) is 4.18. The zero-order valence-electron chi connectivity index (χ0n) is 9.40. The summed E-state index contributed by atoms with van der Waals surface area (Å²) in [6, 6.07) is 15.4. The molecule has 2 nitrogen and oxygen atoms in total. The molecule has 0 spiro atoms. The molecule has 2 aromatic carbocycles. The molecule has 0 atom stereocenters. The Morgan fingerprint density at radius 2 is 1.82 bits per heavy atom. The molecule has 0 unspecified atom stereocenters. The Bertz CT molecular complexity index is 485. The van der Waals surface area contributed by atoms with Crippen LogP contribution in [0.2, 0.25) is 5.02 Å². The van der Waals surface area contributed by atoms with Crippen molar-refractivity contribution in [3.8, 4) is 5.75 Å². The first kappa shape index (κ1) is 11.8. The molecule has 0 bridgehead atoms. The lowest BCUT2D eigenvalue weighted by molar-refractivity contribution is 0.322. The molecule has 0 amide bonds. The summed E-state index contributed by atoms with van der Waals surface area (Å²) in [5.41, 5.74) is 7.57. The van der Waals surface area contributed by atoms with Crippen LogP contribution in [-0.4, -0.2) is 6.61 Å². The highest BCUT2D eigenvalue weighted by atomic mass is 35.5. The van der Waals surface area contributed by atoms with Crippen molar-refractivity contribution in [2.24, 2.45) is 0 Å². The van der Waals surface area contributed by atoms with Crippen molar-refractivity contribution < 1.29 is 4.74 Å². The van der Waals surface area contributed by atoms with Gasteiger partial charge in [-0.2, -0.15) is 0 Å². The van der Waals surface area contributed by atoms with Crippen molar-refractivity contribution in [3.63, 3.8) is 0 Å². The van der Waals surface area contributed by atoms with E-state index in [1.54, 1.807) is 18.2 Å². The third kappa shape index (κ3) is 3.40. The number of ether oxygens (including phenoxy) is 1. The second-order valence-electron chi connectivity index (χ2n) is 3.77. The van der Waals surface area contributed by atoms with Gasteiger partial charge in [-0.3, -0.25) is 0 Å². The third-order valence-electron chi connectivity index (χ3n) is 2.45. The van der Waals surface area contributed by atoms with Gasteiger partial charge < -0.3 is 10.5 Å². The number of rotatable bonds is 4. The number of hydrogen-bond acceptors (Lipinski definition) is 2. The van der Waals surface area contributed by atoms with E-state index >= 15 is 0 Å². The summed E-state index contributed by atoms with van der Waals surface area (Å²) in [6.07, 6.45) is 0.853. The summed E-state index contributed by atoms with van der Waals surface area (Å²) in [5.74, 6) is 0.641. The summed E-state index contributed by atoms with van der Waals surface area (Å²) in [5, 5.41) is 0.590. The second kappa shape index (κ2) is 5.60. The van der Waals surface area contributed by atoms with Crippen LogP contribution in [0.1, 0.15) is 5.56 Å². The van der Waals surface area contributed by atoms with Crippen molar-refractivity contribution in [1.82, 2.24) is 0 Å². The fourth-order valence-electron chi connectivity index (χ4n) is 1.55. The van der Waals surface area contributed by atoms with Crippen LogP contribution in [0.5, 0.6) is 5.75 Å². The van der Waals surface area contributed by atoms with Crippen LogP contribution in [0.15, 0.2) is 48.5 Å². The lowest BCUT2D eigenvalue weighted by atomic mass is 10.2. The Labute approximate surface area is 106 Å². The van der Waals surface area contributed by atoms with Gasteiger partial charge in [0.25, 0.3) is 0 Å². The molecule has 0 aromatic heterocycles. The molecule has 0 fully saturated rings. The van der Waals surface area contributed by atoms with Gasteiger partial charge in [0.15, 0.2) is 0 Å². The molecular weight excluding hydrogens is 234 g/mol. The fraction of sp³-hybridized carbons (Fsp3) is 0.143. The number of nitrogens with two attached hydrogens (primary N) is 1. The Hall–Kier alpha value is -1.67. The third-order valence-corrected chi connectivity index (χ3v) is 2.76. The van der Waals surface area contributed by atoms with Crippen molar-refractivity contribution in [3.05, 3.63) is 59.1 Å². The van der Waals surface area contributed by atoms with Crippen LogP contribution >= 0.6 is 11.6 Å². The van der Waals surface area contributed by atoms with E-state index in [1.807, 2.05) is 18.2 Å². The molecule has 0 aliphatic rings. The summed E-state index contributed by atoms with van der Waals surface area (Å²) < 4.78 is 5.61. The van der Waals surface area contributed by atoms with Gasteiger partial charge in [-0.05, 0) is 17.7 Å². The van der Waals surface area contributed by atoms with E-state index in [0.29, 0.717) is 23.1 Å². The summed E-state index contributed by atoms with van der Waals surface area (Å²) in [7, 11) is 0. The maximum absolute atomic E-state index is 6.00. The molecule has 0 aliphatic heterocycles. The summed E-state index contributed by atoms with van der Waals surface area (Å²) >= 11 is 6.00. The molecule has 0 heterocycles. The predicted molar refractivity (Wildman–Crippen MR) is 71.5 cm³/mol. The molecule has 2 aromatic rings. The minimum Gasteiger partial charge on any atom is -0.492 e. The SMILES string of the molecule is Nc1ccc(Cl)c(OCCc2ccccc2)c1. The van der Waals surface area contributed by atoms with E-state index in [9.17, 15) is 0 Å². The molecule has 0 saturated heterocycles. The first-order valence-electron chi connectivity index (χ1n) is 5.47. The lowest BCUT2D eigenvalue weighted by Gasteiger charge is -2.08. The van der Waals surface area contributed by atoms with E-state index in [-0.39, 0.29) is 0 Å². The zero-order chi connectivity index (χ0) is 12.1. The van der Waals surface area contributed by atoms with Crippen molar-refractivity contribution in [2.45, 2.75) is 6.42 Å². The summed E-state index contributed by atoms with van der Waals surface area (Å²) in [4.78, 5) is 0.